The van der Waals surface area contributed by atoms with Crippen molar-refractivity contribution in [3.05, 3.63) is 18.2 Å². The number of hydrogen-bond acceptors (Lipinski definition) is 5. The molecule has 6 nitrogen and oxygen atoms in total. The van der Waals surface area contributed by atoms with Crippen molar-refractivity contribution in [1.29, 1.82) is 0 Å². The van der Waals surface area contributed by atoms with Gasteiger partial charge in [-0.15, -0.1) is 0 Å². The van der Waals surface area contributed by atoms with Gasteiger partial charge in [-0.3, -0.25) is 4.68 Å². The molecule has 0 aromatic carbocycles. The van der Waals surface area contributed by atoms with Gasteiger partial charge in [-0.2, -0.15) is 10.1 Å². The molecule has 0 bridgehead atoms. The zero-order valence-electron chi connectivity index (χ0n) is 9.47. The fraction of sp³-hybridized carbons (Fsp3) is 0.500. The molecule has 1 N–H and O–H groups in total. The maximum atomic E-state index is 5.12. The molecule has 0 saturated carbocycles. The van der Waals surface area contributed by atoms with E-state index in [4.69, 9.17) is 4.52 Å². The smallest absolute Gasteiger partial charge is 0.228 e. The molecule has 0 spiro atoms. The minimum atomic E-state index is 0.548. The van der Waals surface area contributed by atoms with Gasteiger partial charge in [0.1, 0.15) is 5.69 Å². The van der Waals surface area contributed by atoms with E-state index in [-0.39, 0.29) is 0 Å². The van der Waals surface area contributed by atoms with Gasteiger partial charge >= 0.3 is 0 Å². The third-order valence-corrected chi connectivity index (χ3v) is 2.18. The second-order valence-corrected chi connectivity index (χ2v) is 3.49. The summed E-state index contributed by atoms with van der Waals surface area (Å²) in [5.41, 5.74) is 0.737. The van der Waals surface area contributed by atoms with Gasteiger partial charge in [0.15, 0.2) is 0 Å². The van der Waals surface area contributed by atoms with Crippen LogP contribution in [0.2, 0.25) is 0 Å². The van der Waals surface area contributed by atoms with E-state index < -0.39 is 0 Å². The third-order valence-electron chi connectivity index (χ3n) is 2.18. The quantitative estimate of drug-likeness (QED) is 0.750. The van der Waals surface area contributed by atoms with Crippen molar-refractivity contribution >= 4 is 0 Å². The topological polar surface area (TPSA) is 68.8 Å². The number of nitrogens with zero attached hydrogens (tertiary/aromatic N) is 4. The van der Waals surface area contributed by atoms with Crippen LogP contribution >= 0.6 is 0 Å². The fourth-order valence-corrected chi connectivity index (χ4v) is 1.37. The Labute approximate surface area is 93.7 Å². The molecule has 0 atom stereocenters. The Hall–Kier alpha value is -1.69. The number of rotatable bonds is 5. The van der Waals surface area contributed by atoms with Crippen LogP contribution < -0.4 is 5.32 Å². The lowest BCUT2D eigenvalue weighted by molar-refractivity contribution is 0.376. The molecule has 6 heteroatoms. The van der Waals surface area contributed by atoms with Gasteiger partial charge in [0.25, 0.3) is 0 Å². The van der Waals surface area contributed by atoms with Crippen LogP contribution in [0.4, 0.5) is 0 Å². The predicted molar refractivity (Wildman–Crippen MR) is 58.7 cm³/mol. The first-order valence-corrected chi connectivity index (χ1v) is 5.33. The highest BCUT2D eigenvalue weighted by molar-refractivity contribution is 5.46. The van der Waals surface area contributed by atoms with Crippen molar-refractivity contribution in [3.8, 4) is 11.5 Å². The van der Waals surface area contributed by atoms with Gasteiger partial charge in [0.2, 0.25) is 11.7 Å². The summed E-state index contributed by atoms with van der Waals surface area (Å²) >= 11 is 0. The summed E-state index contributed by atoms with van der Waals surface area (Å²) in [6.07, 6.45) is 2.59. The van der Waals surface area contributed by atoms with Gasteiger partial charge in [-0.1, -0.05) is 12.1 Å². The Balaban J connectivity index is 2.02. The molecule has 0 amide bonds. The number of nitrogens with one attached hydrogen (secondary N) is 1. The van der Waals surface area contributed by atoms with E-state index in [1.54, 1.807) is 4.68 Å². The summed E-state index contributed by atoms with van der Waals surface area (Å²) in [7, 11) is 1.86. The molecule has 0 radical (unpaired) electrons. The number of likely N-dealkylation sites (N-methyl/N-ethyl adjacent to an activating group) is 1. The maximum Gasteiger partial charge on any atom is 0.228 e. The summed E-state index contributed by atoms with van der Waals surface area (Å²) in [4.78, 5) is 4.27. The van der Waals surface area contributed by atoms with Gasteiger partial charge in [-0.05, 0) is 12.6 Å². The second kappa shape index (κ2) is 4.89. The molecule has 2 rings (SSSR count). The monoisotopic (exact) mass is 221 g/mol. The SMILES string of the molecule is CCNCCc1nc(-c2ccn(C)n2)no1. The first-order valence-electron chi connectivity index (χ1n) is 5.33. The van der Waals surface area contributed by atoms with Crippen molar-refractivity contribution in [2.24, 2.45) is 7.05 Å². The van der Waals surface area contributed by atoms with Crippen LogP contribution in [0.15, 0.2) is 16.8 Å². The van der Waals surface area contributed by atoms with Gasteiger partial charge in [-0.25, -0.2) is 0 Å². The standard InChI is InChI=1S/C10H15N5O/c1-3-11-6-4-9-12-10(14-16-9)8-5-7-15(2)13-8/h5,7,11H,3-4,6H2,1-2H3. The minimum absolute atomic E-state index is 0.548. The Morgan fingerprint density at radius 3 is 3.06 bits per heavy atom. The normalized spacial score (nSPS) is 10.9. The van der Waals surface area contributed by atoms with E-state index in [9.17, 15) is 0 Å². The molecule has 2 heterocycles. The van der Waals surface area contributed by atoms with E-state index in [0.29, 0.717) is 11.7 Å². The lowest BCUT2D eigenvalue weighted by Crippen LogP contribution is -2.16. The molecular weight excluding hydrogens is 206 g/mol. The Morgan fingerprint density at radius 2 is 2.38 bits per heavy atom. The van der Waals surface area contributed by atoms with Crippen molar-refractivity contribution in [1.82, 2.24) is 25.2 Å². The molecule has 0 aliphatic heterocycles. The summed E-state index contributed by atoms with van der Waals surface area (Å²) in [5.74, 6) is 1.19. The maximum absolute atomic E-state index is 5.12. The summed E-state index contributed by atoms with van der Waals surface area (Å²) in [6, 6.07) is 1.86. The van der Waals surface area contributed by atoms with Crippen LogP contribution in [0, 0.1) is 0 Å². The second-order valence-electron chi connectivity index (χ2n) is 3.49. The first kappa shape index (κ1) is 10.8. The lowest BCUT2D eigenvalue weighted by atomic mass is 10.4. The molecule has 86 valence electrons. The van der Waals surface area contributed by atoms with Crippen LogP contribution in [0.25, 0.3) is 11.5 Å². The van der Waals surface area contributed by atoms with Crippen LogP contribution in [0.5, 0.6) is 0 Å². The van der Waals surface area contributed by atoms with Gasteiger partial charge < -0.3 is 9.84 Å². The number of aryl methyl sites for hydroxylation is 1. The third kappa shape index (κ3) is 2.46. The minimum Gasteiger partial charge on any atom is -0.339 e. The summed E-state index contributed by atoms with van der Waals surface area (Å²) < 4.78 is 6.84. The molecule has 0 saturated heterocycles. The highest BCUT2D eigenvalue weighted by atomic mass is 16.5. The van der Waals surface area contributed by atoms with E-state index in [1.165, 1.54) is 0 Å². The van der Waals surface area contributed by atoms with Crippen LogP contribution in [0.3, 0.4) is 0 Å². The first-order chi connectivity index (χ1) is 7.79. The zero-order chi connectivity index (χ0) is 11.4. The molecule has 0 aliphatic carbocycles. The molecule has 0 aliphatic rings. The molecule has 2 aromatic rings. The molecule has 16 heavy (non-hydrogen) atoms. The number of aromatic nitrogens is 4. The Kier molecular flexibility index (Phi) is 3.31. The molecule has 0 unspecified atom stereocenters. The van der Waals surface area contributed by atoms with E-state index in [2.05, 4.69) is 27.5 Å². The van der Waals surface area contributed by atoms with Crippen molar-refractivity contribution in [3.63, 3.8) is 0 Å². The number of hydrogen-bond donors (Lipinski definition) is 1. The molecule has 0 fully saturated rings. The average molecular weight is 221 g/mol. The predicted octanol–water partition coefficient (Wildman–Crippen LogP) is 0.622. The highest BCUT2D eigenvalue weighted by Crippen LogP contribution is 2.12. The van der Waals surface area contributed by atoms with E-state index >= 15 is 0 Å². The van der Waals surface area contributed by atoms with Crippen molar-refractivity contribution < 1.29 is 4.52 Å². The fourth-order valence-electron chi connectivity index (χ4n) is 1.37. The van der Waals surface area contributed by atoms with Gasteiger partial charge in [0.05, 0.1) is 0 Å². The van der Waals surface area contributed by atoms with E-state index in [0.717, 1.165) is 25.2 Å². The summed E-state index contributed by atoms with van der Waals surface area (Å²) in [6.45, 7) is 3.86. The van der Waals surface area contributed by atoms with Crippen LogP contribution in [0.1, 0.15) is 12.8 Å². The van der Waals surface area contributed by atoms with Crippen molar-refractivity contribution in [2.75, 3.05) is 13.1 Å². The van der Waals surface area contributed by atoms with Crippen molar-refractivity contribution in [2.45, 2.75) is 13.3 Å². The average Bonchev–Trinajstić information content (AvgIpc) is 2.87. The molecule has 2 aromatic heterocycles. The Bertz CT molecular complexity index is 448. The largest absolute Gasteiger partial charge is 0.339 e. The van der Waals surface area contributed by atoms with E-state index in [1.807, 2.05) is 19.3 Å². The summed E-state index contributed by atoms with van der Waals surface area (Å²) in [5, 5.41) is 11.3. The zero-order valence-corrected chi connectivity index (χ0v) is 9.47. The van der Waals surface area contributed by atoms with Crippen LogP contribution in [-0.4, -0.2) is 33.0 Å². The van der Waals surface area contributed by atoms with Crippen LogP contribution in [-0.2, 0) is 13.5 Å². The highest BCUT2D eigenvalue weighted by Gasteiger charge is 2.10. The Morgan fingerprint density at radius 1 is 1.50 bits per heavy atom. The molecular formula is C10H15N5O. The lowest BCUT2D eigenvalue weighted by Gasteiger charge is -1.94. The van der Waals surface area contributed by atoms with Gasteiger partial charge in [0, 0.05) is 26.2 Å².